The van der Waals surface area contributed by atoms with Crippen molar-refractivity contribution in [3.05, 3.63) is 64.2 Å². The van der Waals surface area contributed by atoms with E-state index in [1.807, 2.05) is 26.2 Å². The van der Waals surface area contributed by atoms with Gasteiger partial charge in [0.05, 0.1) is 17.4 Å². The molecule has 1 amide bonds. The monoisotopic (exact) mass is 419 g/mol. The van der Waals surface area contributed by atoms with Crippen molar-refractivity contribution < 1.29 is 23.0 Å². The fraction of sp³-hybridized carbons (Fsp3) is 0.250. The van der Waals surface area contributed by atoms with Gasteiger partial charge in [0.1, 0.15) is 18.2 Å². The molecule has 1 N–H and O–H groups in total. The average Bonchev–Trinajstić information content (AvgIpc) is 3.03. The predicted octanol–water partition coefficient (Wildman–Crippen LogP) is 4.74. The standard InChI is InChI=1S/C20H19F2N3O3S/c1-11(2)28-18-7-14(19(26)25-20-23-12(3)10-29-20)6-17(24-18)27-9-13-4-15(21)8-16(22)5-13/h4-8,10-11H,9H2,1-3H3,(H,23,25,26). The zero-order valence-electron chi connectivity index (χ0n) is 16.0. The van der Waals surface area contributed by atoms with Gasteiger partial charge in [0, 0.05) is 23.6 Å². The zero-order valence-corrected chi connectivity index (χ0v) is 16.8. The first-order valence-corrected chi connectivity index (χ1v) is 9.66. The van der Waals surface area contributed by atoms with Crippen LogP contribution in [0.25, 0.3) is 0 Å². The highest BCUT2D eigenvalue weighted by Gasteiger charge is 2.14. The largest absolute Gasteiger partial charge is 0.475 e. The zero-order chi connectivity index (χ0) is 21.0. The number of amides is 1. The normalized spacial score (nSPS) is 10.8. The van der Waals surface area contributed by atoms with E-state index in [4.69, 9.17) is 9.47 Å². The second-order valence-electron chi connectivity index (χ2n) is 6.51. The van der Waals surface area contributed by atoms with Crippen LogP contribution in [0.15, 0.2) is 35.7 Å². The minimum atomic E-state index is -0.702. The summed E-state index contributed by atoms with van der Waals surface area (Å²) in [5.41, 5.74) is 1.35. The van der Waals surface area contributed by atoms with E-state index in [2.05, 4.69) is 15.3 Å². The molecule has 2 heterocycles. The molecular weight excluding hydrogens is 400 g/mol. The predicted molar refractivity (Wildman–Crippen MR) is 105 cm³/mol. The molecule has 0 aliphatic carbocycles. The van der Waals surface area contributed by atoms with Crippen molar-refractivity contribution in [1.82, 2.24) is 9.97 Å². The lowest BCUT2D eigenvalue weighted by atomic mass is 10.2. The van der Waals surface area contributed by atoms with E-state index in [1.165, 1.54) is 23.5 Å². The van der Waals surface area contributed by atoms with Crippen molar-refractivity contribution in [3.8, 4) is 11.8 Å². The van der Waals surface area contributed by atoms with Gasteiger partial charge >= 0.3 is 0 Å². The Kier molecular flexibility index (Phi) is 6.38. The molecule has 3 aromatic rings. The van der Waals surface area contributed by atoms with Crippen LogP contribution in [0.4, 0.5) is 13.9 Å². The maximum Gasteiger partial charge on any atom is 0.257 e. The molecule has 0 bridgehead atoms. The van der Waals surface area contributed by atoms with Crippen LogP contribution in [-0.4, -0.2) is 22.0 Å². The number of thiazole rings is 1. The smallest absolute Gasteiger partial charge is 0.257 e. The SMILES string of the molecule is Cc1csc(NC(=O)c2cc(OCc3cc(F)cc(F)c3)nc(OC(C)C)c2)n1. The number of nitrogens with zero attached hydrogens (tertiary/aromatic N) is 2. The highest BCUT2D eigenvalue weighted by molar-refractivity contribution is 7.13. The molecule has 2 aromatic heterocycles. The first kappa shape index (κ1) is 20.7. The molecule has 3 rings (SSSR count). The van der Waals surface area contributed by atoms with Crippen molar-refractivity contribution in [1.29, 1.82) is 0 Å². The Hall–Kier alpha value is -3.07. The molecule has 152 valence electrons. The van der Waals surface area contributed by atoms with Crippen LogP contribution in [0.2, 0.25) is 0 Å². The molecule has 0 aliphatic heterocycles. The second-order valence-corrected chi connectivity index (χ2v) is 7.37. The fourth-order valence-corrected chi connectivity index (χ4v) is 3.10. The number of nitrogens with one attached hydrogen (secondary N) is 1. The van der Waals surface area contributed by atoms with E-state index in [0.29, 0.717) is 10.7 Å². The van der Waals surface area contributed by atoms with Crippen molar-refractivity contribution in [3.63, 3.8) is 0 Å². The molecule has 0 atom stereocenters. The lowest BCUT2D eigenvalue weighted by Crippen LogP contribution is -2.14. The van der Waals surface area contributed by atoms with Gasteiger partial charge in [-0.05, 0) is 38.5 Å². The molecule has 1 aromatic carbocycles. The van der Waals surface area contributed by atoms with Crippen LogP contribution in [0, 0.1) is 18.6 Å². The minimum absolute atomic E-state index is 0.0910. The molecule has 0 unspecified atom stereocenters. The summed E-state index contributed by atoms with van der Waals surface area (Å²) in [6, 6.07) is 6.02. The summed E-state index contributed by atoms with van der Waals surface area (Å²) in [7, 11) is 0. The number of benzene rings is 1. The number of carbonyl (C=O) groups is 1. The van der Waals surface area contributed by atoms with Gasteiger partial charge in [0.2, 0.25) is 11.8 Å². The summed E-state index contributed by atoms with van der Waals surface area (Å²) in [5, 5.41) is 4.99. The number of pyridine rings is 1. The molecule has 9 heteroatoms. The minimum Gasteiger partial charge on any atom is -0.475 e. The molecule has 0 saturated heterocycles. The number of aryl methyl sites for hydroxylation is 1. The Morgan fingerprint density at radius 3 is 2.41 bits per heavy atom. The summed E-state index contributed by atoms with van der Waals surface area (Å²) in [6.45, 7) is 5.35. The number of hydrogen-bond acceptors (Lipinski definition) is 6. The second kappa shape index (κ2) is 8.95. The first-order chi connectivity index (χ1) is 13.8. The molecule has 0 aliphatic rings. The lowest BCUT2D eigenvalue weighted by Gasteiger charge is -2.13. The van der Waals surface area contributed by atoms with Crippen LogP contribution in [0.3, 0.4) is 0 Å². The summed E-state index contributed by atoms with van der Waals surface area (Å²) >= 11 is 1.31. The van der Waals surface area contributed by atoms with E-state index in [1.54, 1.807) is 0 Å². The number of anilines is 1. The van der Waals surface area contributed by atoms with Crippen LogP contribution < -0.4 is 14.8 Å². The van der Waals surface area contributed by atoms with Crippen LogP contribution in [0.5, 0.6) is 11.8 Å². The molecule has 0 spiro atoms. The third-order valence-corrected chi connectivity index (χ3v) is 4.42. The Morgan fingerprint density at radius 1 is 1.10 bits per heavy atom. The van der Waals surface area contributed by atoms with Gasteiger partial charge in [0.15, 0.2) is 5.13 Å². The van der Waals surface area contributed by atoms with Crippen molar-refractivity contribution in [2.75, 3.05) is 5.32 Å². The van der Waals surface area contributed by atoms with E-state index < -0.39 is 17.5 Å². The number of ether oxygens (including phenoxy) is 2. The molecule has 29 heavy (non-hydrogen) atoms. The summed E-state index contributed by atoms with van der Waals surface area (Å²) in [6.07, 6.45) is -0.174. The van der Waals surface area contributed by atoms with Gasteiger partial charge in [-0.3, -0.25) is 10.1 Å². The number of carbonyl (C=O) groups excluding carboxylic acids is 1. The third kappa shape index (κ3) is 5.95. The van der Waals surface area contributed by atoms with Gasteiger partial charge in [-0.15, -0.1) is 11.3 Å². The van der Waals surface area contributed by atoms with Gasteiger partial charge in [0.25, 0.3) is 5.91 Å². The fourth-order valence-electron chi connectivity index (χ4n) is 2.42. The van der Waals surface area contributed by atoms with Crippen molar-refractivity contribution in [2.24, 2.45) is 0 Å². The quantitative estimate of drug-likeness (QED) is 0.599. The third-order valence-electron chi connectivity index (χ3n) is 3.55. The van der Waals surface area contributed by atoms with E-state index >= 15 is 0 Å². The maximum atomic E-state index is 13.4. The average molecular weight is 419 g/mol. The molecule has 0 fully saturated rings. The van der Waals surface area contributed by atoms with Crippen LogP contribution in [-0.2, 0) is 6.61 Å². The Bertz CT molecular complexity index is 1000. The first-order valence-electron chi connectivity index (χ1n) is 8.78. The van der Waals surface area contributed by atoms with E-state index in [9.17, 15) is 13.6 Å². The summed E-state index contributed by atoms with van der Waals surface area (Å²) < 4.78 is 37.8. The van der Waals surface area contributed by atoms with Gasteiger partial charge < -0.3 is 9.47 Å². The summed E-state index contributed by atoms with van der Waals surface area (Å²) in [5.74, 6) is -1.52. The van der Waals surface area contributed by atoms with Crippen LogP contribution >= 0.6 is 11.3 Å². The van der Waals surface area contributed by atoms with E-state index in [-0.39, 0.29) is 30.0 Å². The number of hydrogen-bond donors (Lipinski definition) is 1. The Morgan fingerprint density at radius 2 is 1.79 bits per heavy atom. The maximum absolute atomic E-state index is 13.4. The Balaban J connectivity index is 1.81. The molecule has 0 saturated carbocycles. The Labute approximate surface area is 170 Å². The van der Waals surface area contributed by atoms with Crippen LogP contribution in [0.1, 0.15) is 35.5 Å². The van der Waals surface area contributed by atoms with Crippen molar-refractivity contribution >= 4 is 22.4 Å². The van der Waals surface area contributed by atoms with Gasteiger partial charge in [-0.2, -0.15) is 4.98 Å². The lowest BCUT2D eigenvalue weighted by molar-refractivity contribution is 0.102. The molecule has 6 nitrogen and oxygen atoms in total. The number of aromatic nitrogens is 2. The number of rotatable bonds is 7. The number of halogens is 2. The van der Waals surface area contributed by atoms with Crippen molar-refractivity contribution in [2.45, 2.75) is 33.5 Å². The highest BCUT2D eigenvalue weighted by Crippen LogP contribution is 2.22. The topological polar surface area (TPSA) is 73.3 Å². The van der Waals surface area contributed by atoms with Gasteiger partial charge in [-0.25, -0.2) is 13.8 Å². The summed E-state index contributed by atoms with van der Waals surface area (Å²) in [4.78, 5) is 21.0. The van der Waals surface area contributed by atoms with E-state index in [0.717, 1.165) is 23.9 Å². The molecule has 0 radical (unpaired) electrons. The molecular formula is C20H19F2N3O3S. The van der Waals surface area contributed by atoms with Gasteiger partial charge in [-0.1, -0.05) is 0 Å². The highest BCUT2D eigenvalue weighted by atomic mass is 32.1.